The summed E-state index contributed by atoms with van der Waals surface area (Å²) in [6.07, 6.45) is 5.45. The number of furan rings is 1. The van der Waals surface area contributed by atoms with Crippen LogP contribution in [0.4, 0.5) is 0 Å². The third-order valence-electron chi connectivity index (χ3n) is 4.84. The van der Waals surface area contributed by atoms with Crippen LogP contribution in [0.25, 0.3) is 5.69 Å². The van der Waals surface area contributed by atoms with Crippen LogP contribution in [0.1, 0.15) is 20.9 Å². The summed E-state index contributed by atoms with van der Waals surface area (Å²) in [7, 11) is 0. The molecule has 1 fully saturated rings. The van der Waals surface area contributed by atoms with E-state index in [4.69, 9.17) is 4.42 Å². The topological polar surface area (TPSA) is 58.7 Å². The zero-order chi connectivity index (χ0) is 18.6. The molecule has 3 aromatic rings. The number of hydrogen-bond acceptors (Lipinski definition) is 4. The molecular formula is C21H21N3O3. The van der Waals surface area contributed by atoms with Gasteiger partial charge in [-0.1, -0.05) is 0 Å². The molecule has 0 bridgehead atoms. The molecule has 1 aromatic carbocycles. The van der Waals surface area contributed by atoms with Crippen molar-refractivity contribution < 1.29 is 14.0 Å². The van der Waals surface area contributed by atoms with E-state index in [-0.39, 0.29) is 11.7 Å². The summed E-state index contributed by atoms with van der Waals surface area (Å²) in [6, 6.07) is 15.0. The van der Waals surface area contributed by atoms with Crippen molar-refractivity contribution in [1.82, 2.24) is 14.4 Å². The van der Waals surface area contributed by atoms with Crippen LogP contribution in [-0.2, 0) is 0 Å². The predicted octanol–water partition coefficient (Wildman–Crippen LogP) is 2.71. The Morgan fingerprint density at radius 3 is 2.22 bits per heavy atom. The number of amides is 1. The summed E-state index contributed by atoms with van der Waals surface area (Å²) < 4.78 is 7.15. The monoisotopic (exact) mass is 363 g/mol. The van der Waals surface area contributed by atoms with Gasteiger partial charge in [-0.2, -0.15) is 0 Å². The fraction of sp³-hybridized carbons (Fsp3) is 0.238. The molecule has 1 amide bonds. The molecule has 3 heterocycles. The lowest BCUT2D eigenvalue weighted by atomic mass is 10.1. The summed E-state index contributed by atoms with van der Waals surface area (Å²) in [4.78, 5) is 28.8. The number of ketones is 1. The fourth-order valence-corrected chi connectivity index (χ4v) is 3.29. The minimum absolute atomic E-state index is 0.0274. The van der Waals surface area contributed by atoms with E-state index in [2.05, 4.69) is 4.90 Å². The molecule has 6 heteroatoms. The summed E-state index contributed by atoms with van der Waals surface area (Å²) >= 11 is 0. The Kier molecular flexibility index (Phi) is 4.89. The van der Waals surface area contributed by atoms with Gasteiger partial charge >= 0.3 is 0 Å². The van der Waals surface area contributed by atoms with E-state index in [1.807, 2.05) is 58.3 Å². The van der Waals surface area contributed by atoms with Crippen molar-refractivity contribution in [1.29, 1.82) is 0 Å². The molecular weight excluding hydrogens is 342 g/mol. The molecule has 0 saturated carbocycles. The normalized spacial score (nSPS) is 15.0. The van der Waals surface area contributed by atoms with Gasteiger partial charge in [0.05, 0.1) is 12.8 Å². The number of nitrogens with zero attached hydrogens (tertiary/aromatic N) is 3. The van der Waals surface area contributed by atoms with Crippen LogP contribution in [-0.4, -0.2) is 58.8 Å². The number of carbonyl (C=O) groups is 2. The van der Waals surface area contributed by atoms with E-state index in [0.717, 1.165) is 5.69 Å². The van der Waals surface area contributed by atoms with E-state index >= 15 is 0 Å². The molecule has 1 aliphatic heterocycles. The number of benzene rings is 1. The highest BCUT2D eigenvalue weighted by Crippen LogP contribution is 2.14. The van der Waals surface area contributed by atoms with E-state index in [1.54, 1.807) is 12.1 Å². The largest absolute Gasteiger partial charge is 0.461 e. The van der Waals surface area contributed by atoms with Gasteiger partial charge in [-0.15, -0.1) is 0 Å². The maximum atomic E-state index is 12.7. The summed E-state index contributed by atoms with van der Waals surface area (Å²) in [5, 5.41) is 0. The molecule has 4 rings (SSSR count). The average molecular weight is 363 g/mol. The van der Waals surface area contributed by atoms with Gasteiger partial charge in [0.15, 0.2) is 5.76 Å². The maximum Gasteiger partial charge on any atom is 0.253 e. The van der Waals surface area contributed by atoms with Crippen LogP contribution in [0.5, 0.6) is 0 Å². The lowest BCUT2D eigenvalue weighted by molar-refractivity contribution is 0.0620. The Balaban J connectivity index is 1.32. The highest BCUT2D eigenvalue weighted by molar-refractivity contribution is 5.95. The third kappa shape index (κ3) is 3.85. The molecule has 0 unspecified atom stereocenters. The van der Waals surface area contributed by atoms with E-state index in [9.17, 15) is 9.59 Å². The molecule has 0 aliphatic carbocycles. The van der Waals surface area contributed by atoms with Crippen LogP contribution in [0.3, 0.4) is 0 Å². The van der Waals surface area contributed by atoms with E-state index < -0.39 is 0 Å². The Morgan fingerprint density at radius 2 is 1.59 bits per heavy atom. The first-order valence-corrected chi connectivity index (χ1v) is 9.02. The predicted molar refractivity (Wildman–Crippen MR) is 101 cm³/mol. The van der Waals surface area contributed by atoms with Crippen LogP contribution >= 0.6 is 0 Å². The first kappa shape index (κ1) is 17.3. The van der Waals surface area contributed by atoms with Gasteiger partial charge in [0.25, 0.3) is 5.91 Å². The Morgan fingerprint density at radius 1 is 0.889 bits per heavy atom. The zero-order valence-corrected chi connectivity index (χ0v) is 15.0. The van der Waals surface area contributed by atoms with Crippen molar-refractivity contribution in [2.75, 3.05) is 32.7 Å². The quantitative estimate of drug-likeness (QED) is 0.654. The molecule has 0 atom stereocenters. The van der Waals surface area contributed by atoms with Gasteiger partial charge in [-0.3, -0.25) is 14.5 Å². The zero-order valence-electron chi connectivity index (χ0n) is 15.0. The lowest BCUT2D eigenvalue weighted by Gasteiger charge is -2.34. The van der Waals surface area contributed by atoms with Crippen molar-refractivity contribution >= 4 is 11.7 Å². The van der Waals surface area contributed by atoms with Gasteiger partial charge < -0.3 is 13.9 Å². The summed E-state index contributed by atoms with van der Waals surface area (Å²) in [5.74, 6) is 0.391. The molecule has 6 nitrogen and oxygen atoms in total. The molecule has 0 radical (unpaired) electrons. The van der Waals surface area contributed by atoms with Crippen LogP contribution in [0.15, 0.2) is 71.6 Å². The van der Waals surface area contributed by atoms with Gasteiger partial charge in [-0.25, -0.2) is 0 Å². The van der Waals surface area contributed by atoms with Crippen LogP contribution in [0.2, 0.25) is 0 Å². The van der Waals surface area contributed by atoms with Gasteiger partial charge in [0.2, 0.25) is 5.78 Å². The fourth-order valence-electron chi connectivity index (χ4n) is 3.29. The first-order chi connectivity index (χ1) is 13.2. The second-order valence-corrected chi connectivity index (χ2v) is 6.61. The lowest BCUT2D eigenvalue weighted by Crippen LogP contribution is -2.49. The van der Waals surface area contributed by atoms with Crippen molar-refractivity contribution in [3.05, 3.63) is 78.5 Å². The summed E-state index contributed by atoms with van der Waals surface area (Å²) in [6.45, 7) is 2.91. The second kappa shape index (κ2) is 7.63. The molecule has 0 N–H and O–H groups in total. The van der Waals surface area contributed by atoms with Crippen molar-refractivity contribution in [2.24, 2.45) is 0 Å². The highest BCUT2D eigenvalue weighted by Gasteiger charge is 2.24. The number of Topliss-reactive ketones (excluding diaryl/α,β-unsaturated/α-hetero) is 1. The Hall–Kier alpha value is -3.12. The highest BCUT2D eigenvalue weighted by atomic mass is 16.3. The van der Waals surface area contributed by atoms with Gasteiger partial charge in [0.1, 0.15) is 0 Å². The number of carbonyl (C=O) groups excluding carboxylic acids is 2. The molecule has 1 saturated heterocycles. The Bertz CT molecular complexity index is 891. The minimum Gasteiger partial charge on any atom is -0.461 e. The molecule has 0 spiro atoms. The van der Waals surface area contributed by atoms with Crippen molar-refractivity contribution in [2.45, 2.75) is 0 Å². The van der Waals surface area contributed by atoms with Crippen LogP contribution in [0, 0.1) is 0 Å². The standard InChI is InChI=1S/C21H21N3O3/c25-19(20-4-3-15-27-20)16-22-11-13-24(14-12-22)21(26)17-5-7-18(8-6-17)23-9-1-2-10-23/h1-10,15H,11-14,16H2. The second-order valence-electron chi connectivity index (χ2n) is 6.61. The maximum absolute atomic E-state index is 12.7. The number of hydrogen-bond donors (Lipinski definition) is 0. The Labute approximate surface area is 157 Å². The number of aromatic nitrogens is 1. The van der Waals surface area contributed by atoms with Crippen molar-refractivity contribution in [3.63, 3.8) is 0 Å². The van der Waals surface area contributed by atoms with E-state index in [0.29, 0.717) is 44.0 Å². The van der Waals surface area contributed by atoms with Gasteiger partial charge in [-0.05, 0) is 48.5 Å². The van der Waals surface area contributed by atoms with Crippen LogP contribution < -0.4 is 0 Å². The number of rotatable bonds is 5. The smallest absolute Gasteiger partial charge is 0.253 e. The van der Waals surface area contributed by atoms with Gasteiger partial charge in [0, 0.05) is 49.8 Å². The minimum atomic E-state index is -0.0274. The summed E-state index contributed by atoms with van der Waals surface area (Å²) in [5.41, 5.74) is 1.71. The molecule has 27 heavy (non-hydrogen) atoms. The van der Waals surface area contributed by atoms with E-state index in [1.165, 1.54) is 6.26 Å². The first-order valence-electron chi connectivity index (χ1n) is 9.02. The molecule has 138 valence electrons. The molecule has 1 aliphatic rings. The number of piperazine rings is 1. The average Bonchev–Trinajstić information content (AvgIpc) is 3.42. The molecule has 2 aromatic heterocycles. The SMILES string of the molecule is O=C(CN1CCN(C(=O)c2ccc(-n3cccc3)cc2)CC1)c1ccco1. The third-order valence-corrected chi connectivity index (χ3v) is 4.84. The van der Waals surface area contributed by atoms with Crippen molar-refractivity contribution in [3.8, 4) is 5.69 Å².